The first-order valence-electron chi connectivity index (χ1n) is 13.7. The van der Waals surface area contributed by atoms with Gasteiger partial charge < -0.3 is 14.6 Å². The zero-order valence-electron chi connectivity index (χ0n) is 22.5. The fourth-order valence-corrected chi connectivity index (χ4v) is 5.55. The van der Waals surface area contributed by atoms with Gasteiger partial charge in [-0.05, 0) is 72.4 Å². The number of aryl methyl sites for hydroxylation is 1. The Morgan fingerprint density at radius 3 is 2.62 bits per heavy atom. The number of nitrogens with one attached hydrogen (secondary N) is 1. The Kier molecular flexibility index (Phi) is 5.95. The van der Waals surface area contributed by atoms with Gasteiger partial charge in [0.05, 0.1) is 37.4 Å². The number of carbonyl (C=O) groups is 1. The lowest BCUT2D eigenvalue weighted by molar-refractivity contribution is -0.00925. The van der Waals surface area contributed by atoms with Gasteiger partial charge in [0.25, 0.3) is 5.91 Å². The normalized spacial score (nSPS) is 17.4. The fourth-order valence-electron chi connectivity index (χ4n) is 5.55. The van der Waals surface area contributed by atoms with Gasteiger partial charge in [0.2, 0.25) is 0 Å². The number of anilines is 1. The minimum absolute atomic E-state index is 0.0317. The minimum Gasteiger partial charge on any atom is -0.378 e. The number of amides is 1. The summed E-state index contributed by atoms with van der Waals surface area (Å²) in [6.07, 6.45) is 3.83. The van der Waals surface area contributed by atoms with E-state index in [1.165, 1.54) is 0 Å². The van der Waals surface area contributed by atoms with E-state index in [2.05, 4.69) is 46.7 Å². The van der Waals surface area contributed by atoms with Crippen molar-refractivity contribution in [2.24, 2.45) is 7.05 Å². The van der Waals surface area contributed by atoms with Crippen molar-refractivity contribution in [3.8, 4) is 28.6 Å². The molecule has 2 aromatic heterocycles. The molecule has 2 fully saturated rings. The number of nitrogens with zero attached hydrogens (tertiary/aromatic N) is 6. The highest BCUT2D eigenvalue weighted by Gasteiger charge is 2.33. The van der Waals surface area contributed by atoms with Gasteiger partial charge in [-0.3, -0.25) is 9.69 Å². The molecule has 4 aromatic rings. The predicted molar refractivity (Wildman–Crippen MR) is 149 cm³/mol. The van der Waals surface area contributed by atoms with Crippen LogP contribution in [-0.4, -0.2) is 44.9 Å². The third-order valence-electron chi connectivity index (χ3n) is 8.08. The minimum atomic E-state index is -0.0317. The molecule has 40 heavy (non-hydrogen) atoms. The third-order valence-corrected chi connectivity index (χ3v) is 8.08. The highest BCUT2D eigenvalue weighted by Crippen LogP contribution is 2.43. The molecule has 1 saturated heterocycles. The Labute approximate surface area is 232 Å². The van der Waals surface area contributed by atoms with E-state index in [4.69, 9.17) is 9.72 Å². The molecule has 1 amide bonds. The Hall–Kier alpha value is -4.39. The molecular formula is C31H29N7O2. The number of rotatable bonds is 7. The van der Waals surface area contributed by atoms with Gasteiger partial charge in [-0.1, -0.05) is 18.2 Å². The summed E-state index contributed by atoms with van der Waals surface area (Å²) in [5, 5.41) is 21.5. The average molecular weight is 532 g/mol. The van der Waals surface area contributed by atoms with Gasteiger partial charge in [-0.2, -0.15) is 5.26 Å². The number of ether oxygens (including phenoxy) is 1. The Morgan fingerprint density at radius 2 is 1.93 bits per heavy atom. The molecule has 0 radical (unpaired) electrons. The van der Waals surface area contributed by atoms with Gasteiger partial charge in [0, 0.05) is 35.8 Å². The molecule has 2 aromatic carbocycles. The van der Waals surface area contributed by atoms with E-state index in [0.717, 1.165) is 65.1 Å². The van der Waals surface area contributed by atoms with Crippen LogP contribution in [-0.2, 0) is 18.3 Å². The van der Waals surface area contributed by atoms with Crippen molar-refractivity contribution in [3.63, 3.8) is 0 Å². The number of carbonyl (C=O) groups excluding carboxylic acids is 1. The molecule has 3 aliphatic rings. The fraction of sp³-hybridized carbons (Fsp3) is 0.323. The molecule has 0 spiro atoms. The van der Waals surface area contributed by atoms with Crippen LogP contribution in [0.25, 0.3) is 22.5 Å². The van der Waals surface area contributed by atoms with E-state index in [-0.39, 0.29) is 11.9 Å². The van der Waals surface area contributed by atoms with Crippen LogP contribution in [0.5, 0.6) is 0 Å². The number of fused-ring (bicyclic) bond motifs is 1. The molecule has 2 aliphatic heterocycles. The van der Waals surface area contributed by atoms with E-state index in [0.29, 0.717) is 35.7 Å². The Balaban J connectivity index is 1.26. The zero-order chi connectivity index (χ0) is 27.4. The summed E-state index contributed by atoms with van der Waals surface area (Å²) >= 11 is 0. The topological polar surface area (TPSA) is 109 Å². The first-order valence-corrected chi connectivity index (χ1v) is 13.7. The molecule has 1 saturated carbocycles. The number of aromatic nitrogens is 4. The van der Waals surface area contributed by atoms with Crippen LogP contribution >= 0.6 is 0 Å². The van der Waals surface area contributed by atoms with Gasteiger partial charge in [-0.25, -0.2) is 4.98 Å². The second-order valence-corrected chi connectivity index (χ2v) is 11.0. The number of hydrogen-bond donors (Lipinski definition) is 1. The standard InChI is InChI=1S/C31H29N7O2/c1-18(34-24-15-40-16-24)21-6-7-22-14-38(31(39)26(22)10-21)29-12-23(11-28(35-29)20-4-5-20)25-8-3-19(13-32)9-27(25)30-36-33-17-37(30)2/h3,6-12,17-18,20,24,34H,4-5,14-16H2,1-2H3/t18-/m0/s1. The third kappa shape index (κ3) is 4.35. The molecule has 1 aliphatic carbocycles. The Morgan fingerprint density at radius 1 is 1.07 bits per heavy atom. The van der Waals surface area contributed by atoms with Crippen molar-refractivity contribution in [1.29, 1.82) is 5.26 Å². The number of hydrogen-bond acceptors (Lipinski definition) is 7. The van der Waals surface area contributed by atoms with Crippen LogP contribution in [0.2, 0.25) is 0 Å². The lowest BCUT2D eigenvalue weighted by Crippen LogP contribution is -2.46. The van der Waals surface area contributed by atoms with E-state index in [9.17, 15) is 10.1 Å². The summed E-state index contributed by atoms with van der Waals surface area (Å²) < 4.78 is 7.13. The highest BCUT2D eigenvalue weighted by molar-refractivity contribution is 6.10. The summed E-state index contributed by atoms with van der Waals surface area (Å²) in [4.78, 5) is 20.5. The maximum atomic E-state index is 13.8. The number of nitriles is 1. The first-order chi connectivity index (χ1) is 19.5. The molecular weight excluding hydrogens is 502 g/mol. The summed E-state index contributed by atoms with van der Waals surface area (Å²) in [6.45, 7) is 4.06. The molecule has 200 valence electrons. The first kappa shape index (κ1) is 24.6. The highest BCUT2D eigenvalue weighted by atomic mass is 16.5. The quantitative estimate of drug-likeness (QED) is 0.374. The SMILES string of the molecule is C[C@H](NC1COC1)c1ccc2c(c1)C(=O)N(c1cc(-c3ccc(C#N)cc3-c3nncn3C)cc(C3CC3)n1)C2. The summed E-state index contributed by atoms with van der Waals surface area (Å²) in [6, 6.07) is 18.6. The van der Waals surface area contributed by atoms with E-state index < -0.39 is 0 Å². The second kappa shape index (κ2) is 9.66. The Bertz CT molecular complexity index is 1680. The van der Waals surface area contributed by atoms with Crippen molar-refractivity contribution in [2.75, 3.05) is 18.1 Å². The molecule has 9 nitrogen and oxygen atoms in total. The summed E-state index contributed by atoms with van der Waals surface area (Å²) in [7, 11) is 1.89. The lowest BCUT2D eigenvalue weighted by atomic mass is 9.96. The molecule has 4 heterocycles. The van der Waals surface area contributed by atoms with Crippen LogP contribution < -0.4 is 10.2 Å². The van der Waals surface area contributed by atoms with Crippen LogP contribution in [0.15, 0.2) is 54.9 Å². The molecule has 7 rings (SSSR count). The summed E-state index contributed by atoms with van der Waals surface area (Å²) in [5.41, 5.74) is 7.05. The molecule has 9 heteroatoms. The number of pyridine rings is 1. The average Bonchev–Trinajstić information content (AvgIpc) is 3.64. The van der Waals surface area contributed by atoms with Crippen molar-refractivity contribution in [2.45, 2.75) is 44.3 Å². The van der Waals surface area contributed by atoms with Crippen molar-refractivity contribution < 1.29 is 9.53 Å². The zero-order valence-corrected chi connectivity index (χ0v) is 22.5. The van der Waals surface area contributed by atoms with Crippen molar-refractivity contribution in [3.05, 3.63) is 82.8 Å². The van der Waals surface area contributed by atoms with E-state index in [1.54, 1.807) is 11.2 Å². The monoisotopic (exact) mass is 531 g/mol. The van der Waals surface area contributed by atoms with Gasteiger partial charge >= 0.3 is 0 Å². The maximum Gasteiger partial charge on any atom is 0.260 e. The number of benzene rings is 2. The van der Waals surface area contributed by atoms with Crippen LogP contribution in [0.4, 0.5) is 5.82 Å². The van der Waals surface area contributed by atoms with Crippen LogP contribution in [0.3, 0.4) is 0 Å². The predicted octanol–water partition coefficient (Wildman–Crippen LogP) is 4.50. The van der Waals surface area contributed by atoms with Crippen LogP contribution in [0.1, 0.15) is 64.5 Å². The molecule has 0 unspecified atom stereocenters. The maximum absolute atomic E-state index is 13.8. The molecule has 1 N–H and O–H groups in total. The smallest absolute Gasteiger partial charge is 0.260 e. The van der Waals surface area contributed by atoms with Gasteiger partial charge in [0.1, 0.15) is 12.1 Å². The summed E-state index contributed by atoms with van der Waals surface area (Å²) in [5.74, 6) is 1.68. The second-order valence-electron chi connectivity index (χ2n) is 11.0. The molecule has 0 bridgehead atoms. The van der Waals surface area contributed by atoms with E-state index >= 15 is 0 Å². The van der Waals surface area contributed by atoms with E-state index in [1.807, 2.05) is 41.9 Å². The van der Waals surface area contributed by atoms with Gasteiger partial charge in [-0.15, -0.1) is 10.2 Å². The van der Waals surface area contributed by atoms with Crippen LogP contribution in [0, 0.1) is 11.3 Å². The largest absolute Gasteiger partial charge is 0.378 e. The van der Waals surface area contributed by atoms with Crippen molar-refractivity contribution in [1.82, 2.24) is 25.1 Å². The van der Waals surface area contributed by atoms with Crippen molar-refractivity contribution >= 4 is 11.7 Å². The molecule has 1 atom stereocenters. The van der Waals surface area contributed by atoms with Gasteiger partial charge in [0.15, 0.2) is 5.82 Å². The lowest BCUT2D eigenvalue weighted by Gasteiger charge is -2.30.